The number of methoxy groups -OCH3 is 1. The first-order valence-electron chi connectivity index (χ1n) is 7.10. The van der Waals surface area contributed by atoms with Crippen molar-refractivity contribution in [1.29, 1.82) is 0 Å². The summed E-state index contributed by atoms with van der Waals surface area (Å²) in [6.07, 6.45) is 7.04. The topological polar surface area (TPSA) is 47.6 Å². The van der Waals surface area contributed by atoms with Crippen molar-refractivity contribution in [3.05, 3.63) is 0 Å². The van der Waals surface area contributed by atoms with E-state index >= 15 is 0 Å². The van der Waals surface area contributed by atoms with Crippen LogP contribution in [0.15, 0.2) is 0 Å². The molecule has 0 aliphatic carbocycles. The fourth-order valence-corrected chi connectivity index (χ4v) is 1.70. The molecule has 108 valence electrons. The number of nitrogens with one attached hydrogen (secondary N) is 1. The Balaban J connectivity index is 3.26. The summed E-state index contributed by atoms with van der Waals surface area (Å²) in [5.74, 6) is 0.245. The van der Waals surface area contributed by atoms with Gasteiger partial charge in [-0.05, 0) is 6.42 Å². The second-order valence-electron chi connectivity index (χ2n) is 4.85. The third kappa shape index (κ3) is 11.7. The molecule has 1 amide bonds. The van der Waals surface area contributed by atoms with Gasteiger partial charge in [-0.2, -0.15) is 0 Å². The summed E-state index contributed by atoms with van der Waals surface area (Å²) in [7, 11) is 1.65. The Morgan fingerprint density at radius 3 is 2.44 bits per heavy atom. The normalized spacial score (nSPS) is 12.2. The van der Waals surface area contributed by atoms with E-state index in [1.165, 1.54) is 32.1 Å². The summed E-state index contributed by atoms with van der Waals surface area (Å²) in [5.41, 5.74) is 0. The van der Waals surface area contributed by atoms with E-state index in [-0.39, 0.29) is 12.0 Å². The third-order valence-corrected chi connectivity index (χ3v) is 2.75. The monoisotopic (exact) mass is 259 g/mol. The number of unbranched alkanes of at least 4 members (excludes halogenated alkanes) is 5. The van der Waals surface area contributed by atoms with Gasteiger partial charge in [-0.15, -0.1) is 0 Å². The number of carbonyl (C=O) groups excluding carboxylic acids is 1. The van der Waals surface area contributed by atoms with E-state index in [2.05, 4.69) is 12.2 Å². The minimum Gasteiger partial charge on any atom is -0.449 e. The fourth-order valence-electron chi connectivity index (χ4n) is 1.70. The second kappa shape index (κ2) is 12.7. The summed E-state index contributed by atoms with van der Waals surface area (Å²) in [5, 5.41) is 2.77. The first-order chi connectivity index (χ1) is 8.70. The molecule has 1 N–H and O–H groups in total. The molecule has 0 aromatic rings. The van der Waals surface area contributed by atoms with Gasteiger partial charge in [-0.3, -0.25) is 0 Å². The summed E-state index contributed by atoms with van der Waals surface area (Å²) >= 11 is 0. The van der Waals surface area contributed by atoms with Crippen molar-refractivity contribution in [1.82, 2.24) is 5.32 Å². The number of rotatable bonds is 11. The molecule has 0 aromatic heterocycles. The van der Waals surface area contributed by atoms with Gasteiger partial charge in [-0.1, -0.05) is 46.0 Å². The zero-order valence-electron chi connectivity index (χ0n) is 12.2. The summed E-state index contributed by atoms with van der Waals surface area (Å²) in [6.45, 7) is 5.94. The van der Waals surface area contributed by atoms with E-state index in [1.807, 2.05) is 6.92 Å². The first-order valence-corrected chi connectivity index (χ1v) is 7.10. The molecule has 4 nitrogen and oxygen atoms in total. The van der Waals surface area contributed by atoms with Gasteiger partial charge in [0.2, 0.25) is 0 Å². The van der Waals surface area contributed by atoms with Crippen LogP contribution < -0.4 is 5.32 Å². The smallest absolute Gasteiger partial charge is 0.407 e. The number of alkyl carbamates (subject to hydrolysis) is 1. The number of carbonyl (C=O) groups is 1. The molecule has 0 rings (SSSR count). The van der Waals surface area contributed by atoms with E-state index in [1.54, 1.807) is 7.11 Å². The average Bonchev–Trinajstić information content (AvgIpc) is 2.35. The Bertz CT molecular complexity index is 197. The Labute approximate surface area is 111 Å². The maximum absolute atomic E-state index is 11.3. The highest BCUT2D eigenvalue weighted by Gasteiger charge is 2.06. The molecule has 0 fully saturated rings. The maximum Gasteiger partial charge on any atom is 0.407 e. The molecule has 0 saturated carbocycles. The van der Waals surface area contributed by atoms with E-state index in [4.69, 9.17) is 9.47 Å². The van der Waals surface area contributed by atoms with Crippen LogP contribution in [0, 0.1) is 5.92 Å². The van der Waals surface area contributed by atoms with Gasteiger partial charge in [0.1, 0.15) is 0 Å². The Kier molecular flexibility index (Phi) is 12.1. The SMILES string of the molecule is CCCCCCCCNC(=O)OCC(C)COC. The number of amides is 1. The standard InChI is InChI=1S/C14H29NO3/c1-4-5-6-7-8-9-10-15-14(16)18-12-13(2)11-17-3/h13H,4-12H2,1-3H3,(H,15,16). The van der Waals surface area contributed by atoms with E-state index < -0.39 is 0 Å². The van der Waals surface area contributed by atoms with Crippen molar-refractivity contribution >= 4 is 6.09 Å². The highest BCUT2D eigenvalue weighted by Crippen LogP contribution is 2.04. The van der Waals surface area contributed by atoms with Crippen LogP contribution in [-0.2, 0) is 9.47 Å². The van der Waals surface area contributed by atoms with E-state index in [9.17, 15) is 4.79 Å². The van der Waals surface area contributed by atoms with Gasteiger partial charge in [0, 0.05) is 19.6 Å². The van der Waals surface area contributed by atoms with E-state index in [0.29, 0.717) is 19.8 Å². The highest BCUT2D eigenvalue weighted by molar-refractivity contribution is 5.66. The second-order valence-corrected chi connectivity index (χ2v) is 4.85. The molecule has 0 heterocycles. The van der Waals surface area contributed by atoms with Gasteiger partial charge < -0.3 is 14.8 Å². The maximum atomic E-state index is 11.3. The van der Waals surface area contributed by atoms with Gasteiger partial charge in [0.25, 0.3) is 0 Å². The molecular weight excluding hydrogens is 230 g/mol. The van der Waals surface area contributed by atoms with Crippen molar-refractivity contribution in [2.24, 2.45) is 5.92 Å². The zero-order chi connectivity index (χ0) is 13.6. The summed E-state index contributed by atoms with van der Waals surface area (Å²) in [6, 6.07) is 0. The van der Waals surface area contributed by atoms with Crippen molar-refractivity contribution in [2.45, 2.75) is 52.4 Å². The van der Waals surface area contributed by atoms with Gasteiger partial charge in [-0.25, -0.2) is 4.79 Å². The van der Waals surface area contributed by atoms with Crippen LogP contribution in [0.25, 0.3) is 0 Å². The largest absolute Gasteiger partial charge is 0.449 e. The van der Waals surface area contributed by atoms with Crippen LogP contribution in [-0.4, -0.2) is 33.0 Å². The number of ether oxygens (including phenoxy) is 2. The molecule has 1 unspecified atom stereocenters. The Hall–Kier alpha value is -0.770. The lowest BCUT2D eigenvalue weighted by molar-refractivity contribution is 0.0918. The molecule has 1 atom stereocenters. The van der Waals surface area contributed by atoms with Crippen molar-refractivity contribution in [2.75, 3.05) is 26.9 Å². The molecule has 0 spiro atoms. The van der Waals surface area contributed by atoms with Crippen LogP contribution in [0.4, 0.5) is 4.79 Å². The molecule has 0 aromatic carbocycles. The first kappa shape index (κ1) is 17.2. The molecule has 0 aliphatic heterocycles. The van der Waals surface area contributed by atoms with Crippen LogP contribution in [0.5, 0.6) is 0 Å². The van der Waals surface area contributed by atoms with Crippen molar-refractivity contribution in [3.8, 4) is 0 Å². The Morgan fingerprint density at radius 1 is 1.11 bits per heavy atom. The Morgan fingerprint density at radius 2 is 1.78 bits per heavy atom. The predicted octanol–water partition coefficient (Wildman–Crippen LogP) is 3.36. The fraction of sp³-hybridized carbons (Fsp3) is 0.929. The van der Waals surface area contributed by atoms with Crippen molar-refractivity contribution in [3.63, 3.8) is 0 Å². The zero-order valence-corrected chi connectivity index (χ0v) is 12.2. The lowest BCUT2D eigenvalue weighted by Crippen LogP contribution is -2.27. The average molecular weight is 259 g/mol. The van der Waals surface area contributed by atoms with Crippen LogP contribution in [0.2, 0.25) is 0 Å². The van der Waals surface area contributed by atoms with Gasteiger partial charge in [0.05, 0.1) is 13.2 Å². The highest BCUT2D eigenvalue weighted by atomic mass is 16.5. The summed E-state index contributed by atoms with van der Waals surface area (Å²) < 4.78 is 10.0. The lowest BCUT2D eigenvalue weighted by atomic mass is 10.1. The quantitative estimate of drug-likeness (QED) is 0.579. The van der Waals surface area contributed by atoms with Gasteiger partial charge in [0.15, 0.2) is 0 Å². The van der Waals surface area contributed by atoms with Crippen LogP contribution >= 0.6 is 0 Å². The molecule has 0 radical (unpaired) electrons. The molecule has 18 heavy (non-hydrogen) atoms. The molecule has 0 aliphatic rings. The van der Waals surface area contributed by atoms with E-state index in [0.717, 1.165) is 6.42 Å². The van der Waals surface area contributed by atoms with Crippen LogP contribution in [0.1, 0.15) is 52.4 Å². The predicted molar refractivity (Wildman–Crippen MR) is 73.8 cm³/mol. The lowest BCUT2D eigenvalue weighted by Gasteiger charge is -2.11. The van der Waals surface area contributed by atoms with Crippen molar-refractivity contribution < 1.29 is 14.3 Å². The molecule has 4 heteroatoms. The molecule has 0 saturated heterocycles. The minimum atomic E-state index is -0.313. The molecular formula is C14H29NO3. The summed E-state index contributed by atoms with van der Waals surface area (Å²) in [4.78, 5) is 11.3. The number of hydrogen-bond acceptors (Lipinski definition) is 3. The van der Waals surface area contributed by atoms with Gasteiger partial charge >= 0.3 is 6.09 Å². The minimum absolute atomic E-state index is 0.245. The molecule has 0 bridgehead atoms. The third-order valence-electron chi connectivity index (χ3n) is 2.75. The number of hydrogen-bond donors (Lipinski definition) is 1. The van der Waals surface area contributed by atoms with Crippen LogP contribution in [0.3, 0.4) is 0 Å².